The number of amides is 1. The van der Waals surface area contributed by atoms with E-state index in [4.69, 9.17) is 4.74 Å². The minimum absolute atomic E-state index is 0.160. The first-order chi connectivity index (χ1) is 16.0. The molecule has 170 valence electrons. The predicted octanol–water partition coefficient (Wildman–Crippen LogP) is 4.11. The molecule has 5 rings (SSSR count). The lowest BCUT2D eigenvalue weighted by Crippen LogP contribution is -2.45. The zero-order valence-electron chi connectivity index (χ0n) is 18.9. The fourth-order valence-electron chi connectivity index (χ4n) is 4.24. The summed E-state index contributed by atoms with van der Waals surface area (Å²) >= 11 is 1.67. The number of anilines is 2. The fourth-order valence-corrected chi connectivity index (χ4v) is 4.92. The minimum Gasteiger partial charge on any atom is -0.372 e. The van der Waals surface area contributed by atoms with E-state index in [1.807, 2.05) is 35.2 Å². The van der Waals surface area contributed by atoms with E-state index in [1.165, 1.54) is 4.88 Å². The van der Waals surface area contributed by atoms with Crippen LogP contribution in [0.1, 0.15) is 34.8 Å². The number of aromatic nitrogens is 4. The smallest absolute Gasteiger partial charge is 0.256 e. The van der Waals surface area contributed by atoms with Crippen LogP contribution >= 0.6 is 11.3 Å². The van der Waals surface area contributed by atoms with Crippen LogP contribution in [0, 0.1) is 6.92 Å². The Balaban J connectivity index is 1.35. The molecule has 2 atom stereocenters. The molecule has 0 spiro atoms. The van der Waals surface area contributed by atoms with Gasteiger partial charge in [0.1, 0.15) is 5.82 Å². The topological polar surface area (TPSA) is 85.2 Å². The number of nitrogens with zero attached hydrogens (tertiary/aromatic N) is 5. The van der Waals surface area contributed by atoms with Crippen molar-refractivity contribution < 1.29 is 9.53 Å². The number of thiophene rings is 1. The number of pyridine rings is 2. The summed E-state index contributed by atoms with van der Waals surface area (Å²) in [5, 5.41) is 10.2. The number of nitrogens with one attached hydrogen (secondary N) is 1. The highest BCUT2D eigenvalue weighted by molar-refractivity contribution is 7.09. The first-order valence-electron chi connectivity index (χ1n) is 11.0. The van der Waals surface area contributed by atoms with Crippen molar-refractivity contribution in [3.05, 3.63) is 64.2 Å². The van der Waals surface area contributed by atoms with Crippen LogP contribution in [-0.2, 0) is 11.3 Å². The second-order valence-corrected chi connectivity index (χ2v) is 9.48. The Labute approximate surface area is 196 Å². The second kappa shape index (κ2) is 8.92. The maximum atomic E-state index is 13.2. The molecule has 4 aromatic rings. The molecule has 1 saturated heterocycles. The van der Waals surface area contributed by atoms with E-state index in [-0.39, 0.29) is 18.1 Å². The summed E-state index contributed by atoms with van der Waals surface area (Å²) in [6.07, 6.45) is 3.73. The van der Waals surface area contributed by atoms with E-state index in [2.05, 4.69) is 45.2 Å². The fraction of sp³-hybridized carbons (Fsp3) is 0.333. The molecule has 9 heteroatoms. The van der Waals surface area contributed by atoms with E-state index in [0.29, 0.717) is 23.4 Å². The molecule has 5 heterocycles. The highest BCUT2D eigenvalue weighted by Crippen LogP contribution is 2.23. The number of carbonyl (C=O) groups excluding carboxylic acids is 1. The van der Waals surface area contributed by atoms with Gasteiger partial charge in [-0.15, -0.1) is 11.3 Å². The van der Waals surface area contributed by atoms with Crippen molar-refractivity contribution in [3.63, 3.8) is 0 Å². The zero-order valence-corrected chi connectivity index (χ0v) is 19.7. The molecule has 1 fully saturated rings. The van der Waals surface area contributed by atoms with E-state index in [1.54, 1.807) is 29.8 Å². The summed E-state index contributed by atoms with van der Waals surface area (Å²) in [7, 11) is 0. The predicted molar refractivity (Wildman–Crippen MR) is 130 cm³/mol. The van der Waals surface area contributed by atoms with Gasteiger partial charge in [-0.2, -0.15) is 5.10 Å². The number of hydrogen-bond donors (Lipinski definition) is 1. The minimum atomic E-state index is -0.204. The van der Waals surface area contributed by atoms with Crippen LogP contribution in [0.2, 0.25) is 0 Å². The van der Waals surface area contributed by atoms with Crippen LogP contribution in [0.3, 0.4) is 0 Å². The molecule has 8 nitrogen and oxygen atoms in total. The third-order valence-electron chi connectivity index (χ3n) is 5.62. The van der Waals surface area contributed by atoms with Crippen LogP contribution in [-0.4, -0.2) is 51.0 Å². The number of ether oxygens (including phenoxy) is 1. The highest BCUT2D eigenvalue weighted by Gasteiger charge is 2.23. The van der Waals surface area contributed by atoms with Crippen molar-refractivity contribution in [2.75, 3.05) is 23.3 Å². The number of rotatable bonds is 5. The standard InChI is InChI=1S/C24H26N6O2S/c1-15-9-20(21-11-26-30(23(21)27-15)14-19-5-4-8-33-19)24(31)28-18-6-7-22(25-10-18)29-12-16(2)32-17(3)13-29/h4-11,16-17H,12-14H2,1-3H3,(H,28,31). The van der Waals surface area contributed by atoms with Crippen LogP contribution in [0.4, 0.5) is 11.5 Å². The lowest BCUT2D eigenvalue weighted by Gasteiger charge is -2.36. The number of aryl methyl sites for hydroxylation is 1. The Morgan fingerprint density at radius 1 is 1.21 bits per heavy atom. The van der Waals surface area contributed by atoms with Gasteiger partial charge in [-0.1, -0.05) is 6.07 Å². The number of morpholine rings is 1. The van der Waals surface area contributed by atoms with E-state index < -0.39 is 0 Å². The van der Waals surface area contributed by atoms with Gasteiger partial charge in [0.25, 0.3) is 5.91 Å². The summed E-state index contributed by atoms with van der Waals surface area (Å²) in [6, 6.07) is 9.70. The van der Waals surface area contributed by atoms with Crippen LogP contribution in [0.25, 0.3) is 11.0 Å². The maximum absolute atomic E-state index is 13.2. The molecule has 2 unspecified atom stereocenters. The second-order valence-electron chi connectivity index (χ2n) is 8.45. The number of hydrogen-bond acceptors (Lipinski definition) is 7. The van der Waals surface area contributed by atoms with Gasteiger partial charge in [0.05, 0.1) is 47.8 Å². The van der Waals surface area contributed by atoms with Gasteiger partial charge in [-0.3, -0.25) is 4.79 Å². The van der Waals surface area contributed by atoms with Crippen molar-refractivity contribution in [2.45, 2.75) is 39.5 Å². The molecule has 4 aromatic heterocycles. The molecule has 0 aliphatic carbocycles. The molecule has 0 radical (unpaired) electrons. The first-order valence-corrected chi connectivity index (χ1v) is 11.9. The monoisotopic (exact) mass is 462 g/mol. The molecule has 0 saturated carbocycles. The van der Waals surface area contributed by atoms with Gasteiger partial charge in [0.15, 0.2) is 5.65 Å². The van der Waals surface area contributed by atoms with Crippen molar-refractivity contribution in [1.82, 2.24) is 19.7 Å². The molecule has 1 amide bonds. The van der Waals surface area contributed by atoms with Crippen molar-refractivity contribution in [3.8, 4) is 0 Å². The van der Waals surface area contributed by atoms with Crippen molar-refractivity contribution in [2.24, 2.45) is 0 Å². The highest BCUT2D eigenvalue weighted by atomic mass is 32.1. The third-order valence-corrected chi connectivity index (χ3v) is 6.48. The van der Waals surface area contributed by atoms with Gasteiger partial charge in [-0.25, -0.2) is 14.6 Å². The molecular formula is C24H26N6O2S. The van der Waals surface area contributed by atoms with Gasteiger partial charge in [0.2, 0.25) is 0 Å². The molecule has 1 aliphatic heterocycles. The Bertz CT molecular complexity index is 1260. The zero-order chi connectivity index (χ0) is 22.9. The van der Waals surface area contributed by atoms with Gasteiger partial charge < -0.3 is 15.0 Å². The van der Waals surface area contributed by atoms with Crippen LogP contribution in [0.15, 0.2) is 48.1 Å². The lowest BCUT2D eigenvalue weighted by molar-refractivity contribution is -0.00545. The first kappa shape index (κ1) is 21.5. The average Bonchev–Trinajstić information content (AvgIpc) is 3.44. The molecular weight excluding hydrogens is 436 g/mol. The SMILES string of the molecule is Cc1cc(C(=O)Nc2ccc(N3CC(C)OC(C)C3)nc2)c2cnn(Cc3cccs3)c2n1. The molecule has 33 heavy (non-hydrogen) atoms. The van der Waals surface area contributed by atoms with E-state index in [0.717, 1.165) is 30.0 Å². The summed E-state index contributed by atoms with van der Waals surface area (Å²) in [5.41, 5.74) is 2.67. The van der Waals surface area contributed by atoms with Crippen LogP contribution < -0.4 is 10.2 Å². The molecule has 1 N–H and O–H groups in total. The van der Waals surface area contributed by atoms with Crippen LogP contribution in [0.5, 0.6) is 0 Å². The molecule has 0 bridgehead atoms. The largest absolute Gasteiger partial charge is 0.372 e. The Morgan fingerprint density at radius 2 is 2.03 bits per heavy atom. The number of fused-ring (bicyclic) bond motifs is 1. The number of carbonyl (C=O) groups is 1. The summed E-state index contributed by atoms with van der Waals surface area (Å²) < 4.78 is 7.64. The van der Waals surface area contributed by atoms with Crippen molar-refractivity contribution >= 4 is 39.8 Å². The maximum Gasteiger partial charge on any atom is 0.256 e. The van der Waals surface area contributed by atoms with E-state index in [9.17, 15) is 4.79 Å². The quantitative estimate of drug-likeness (QED) is 0.480. The summed E-state index contributed by atoms with van der Waals surface area (Å²) in [6.45, 7) is 8.25. The molecule has 0 aromatic carbocycles. The van der Waals surface area contributed by atoms with Gasteiger partial charge in [0, 0.05) is 23.7 Å². The lowest BCUT2D eigenvalue weighted by atomic mass is 10.1. The summed E-state index contributed by atoms with van der Waals surface area (Å²) in [4.78, 5) is 25.8. The molecule has 1 aliphatic rings. The summed E-state index contributed by atoms with van der Waals surface area (Å²) in [5.74, 6) is 0.677. The Hall–Kier alpha value is -3.30. The Morgan fingerprint density at radius 3 is 2.73 bits per heavy atom. The van der Waals surface area contributed by atoms with E-state index >= 15 is 0 Å². The van der Waals surface area contributed by atoms with Gasteiger partial charge in [-0.05, 0) is 50.4 Å². The van der Waals surface area contributed by atoms with Crippen molar-refractivity contribution in [1.29, 1.82) is 0 Å². The third kappa shape index (κ3) is 4.60. The Kier molecular flexibility index (Phi) is 5.82. The van der Waals surface area contributed by atoms with Gasteiger partial charge >= 0.3 is 0 Å². The normalized spacial score (nSPS) is 18.6. The average molecular weight is 463 g/mol.